The van der Waals surface area contributed by atoms with Gasteiger partial charge in [-0.25, -0.2) is 9.37 Å². The lowest BCUT2D eigenvalue weighted by Crippen LogP contribution is -2.30. The van der Waals surface area contributed by atoms with Crippen LogP contribution in [0.4, 0.5) is 10.2 Å². The number of pyridine rings is 1. The third-order valence-corrected chi connectivity index (χ3v) is 5.67. The van der Waals surface area contributed by atoms with Gasteiger partial charge in [-0.1, -0.05) is 34.1 Å². The molecule has 3 heterocycles. The number of fused-ring (bicyclic) bond motifs is 2. The molecule has 0 aliphatic carbocycles. The molecule has 0 N–H and O–H groups in total. The molecule has 7 heteroatoms. The number of carbonyl (C=O) groups is 1. The molecule has 0 saturated carbocycles. The normalized spacial score (nSPS) is 15.6. The maximum atomic E-state index is 13.8. The predicted molar refractivity (Wildman–Crippen MR) is 114 cm³/mol. The minimum Gasteiger partial charge on any atom is -0.450 e. The molecule has 1 atom stereocenters. The molecule has 1 aliphatic heterocycles. The van der Waals surface area contributed by atoms with Crippen molar-refractivity contribution in [2.45, 2.75) is 13.0 Å². The number of amides is 1. The van der Waals surface area contributed by atoms with Crippen LogP contribution in [-0.2, 0) is 0 Å². The van der Waals surface area contributed by atoms with Crippen molar-refractivity contribution in [3.05, 3.63) is 104 Å². The number of carbonyl (C=O) groups excluding carboxylic acids is 1. The van der Waals surface area contributed by atoms with Crippen LogP contribution in [0.15, 0.2) is 74.3 Å². The van der Waals surface area contributed by atoms with Gasteiger partial charge >= 0.3 is 0 Å². The largest absolute Gasteiger partial charge is 0.450 e. The van der Waals surface area contributed by atoms with Crippen LogP contribution in [0.25, 0.3) is 11.0 Å². The fourth-order valence-corrected chi connectivity index (χ4v) is 4.07. The molecule has 0 unspecified atom stereocenters. The lowest BCUT2D eigenvalue weighted by Gasteiger charge is -2.24. The minimum absolute atomic E-state index is 0.0460. The second kappa shape index (κ2) is 6.88. The zero-order valence-corrected chi connectivity index (χ0v) is 17.3. The number of rotatable bonds is 2. The molecule has 1 amide bonds. The van der Waals surface area contributed by atoms with Crippen molar-refractivity contribution in [2.24, 2.45) is 0 Å². The highest BCUT2D eigenvalue weighted by Gasteiger charge is 2.44. The summed E-state index contributed by atoms with van der Waals surface area (Å²) in [5.41, 5.74) is 1.38. The van der Waals surface area contributed by atoms with Crippen LogP contribution >= 0.6 is 15.9 Å². The van der Waals surface area contributed by atoms with Crippen LogP contribution in [-0.4, -0.2) is 10.9 Å². The molecule has 0 bridgehead atoms. The third kappa shape index (κ3) is 2.85. The van der Waals surface area contributed by atoms with Gasteiger partial charge < -0.3 is 4.42 Å². The van der Waals surface area contributed by atoms with E-state index in [2.05, 4.69) is 20.9 Å². The van der Waals surface area contributed by atoms with Crippen molar-refractivity contribution in [1.29, 1.82) is 0 Å². The van der Waals surface area contributed by atoms with Crippen molar-refractivity contribution in [3.8, 4) is 0 Å². The van der Waals surface area contributed by atoms with Crippen LogP contribution in [0, 0.1) is 12.7 Å². The first-order chi connectivity index (χ1) is 14.4. The first kappa shape index (κ1) is 18.7. The van der Waals surface area contributed by atoms with E-state index in [4.69, 9.17) is 4.42 Å². The van der Waals surface area contributed by atoms with Gasteiger partial charge in [-0.15, -0.1) is 0 Å². The Balaban J connectivity index is 1.83. The number of nitrogens with zero attached hydrogens (tertiary/aromatic N) is 2. The van der Waals surface area contributed by atoms with Gasteiger partial charge in [0, 0.05) is 10.2 Å². The first-order valence-electron chi connectivity index (χ1n) is 9.23. The molecule has 0 saturated heterocycles. The van der Waals surface area contributed by atoms with Gasteiger partial charge in [-0.05, 0) is 55.0 Å². The van der Waals surface area contributed by atoms with E-state index in [9.17, 15) is 14.0 Å². The Kier molecular flexibility index (Phi) is 4.29. The van der Waals surface area contributed by atoms with Gasteiger partial charge in [0.25, 0.3) is 5.91 Å². The number of halogens is 2. The summed E-state index contributed by atoms with van der Waals surface area (Å²) in [5.74, 6) is -0.639. The lowest BCUT2D eigenvalue weighted by atomic mass is 9.98. The molecular formula is C23H14BrFN2O3. The number of aromatic nitrogens is 1. The Hall–Kier alpha value is -3.32. The molecule has 0 fully saturated rings. The SMILES string of the molecule is Cc1cccc(N2C(=O)c3oc4ccc(F)cc4c(=O)c3[C@@H]2c2ccc(Br)cc2)n1. The highest BCUT2D eigenvalue weighted by Crippen LogP contribution is 2.40. The van der Waals surface area contributed by atoms with Crippen molar-refractivity contribution < 1.29 is 13.6 Å². The van der Waals surface area contributed by atoms with E-state index >= 15 is 0 Å². The van der Waals surface area contributed by atoms with E-state index in [1.165, 1.54) is 17.0 Å². The Labute approximate surface area is 178 Å². The Morgan fingerprint density at radius 2 is 1.83 bits per heavy atom. The van der Waals surface area contributed by atoms with Gasteiger partial charge in [0.1, 0.15) is 17.2 Å². The number of anilines is 1. The molecule has 4 aromatic rings. The molecule has 148 valence electrons. The van der Waals surface area contributed by atoms with Gasteiger partial charge in [0.2, 0.25) is 5.76 Å². The summed E-state index contributed by atoms with van der Waals surface area (Å²) in [5, 5.41) is 0.0997. The minimum atomic E-state index is -0.737. The van der Waals surface area contributed by atoms with Gasteiger partial charge in [0.15, 0.2) is 5.43 Å². The number of hydrogen-bond donors (Lipinski definition) is 0. The van der Waals surface area contributed by atoms with Crippen molar-refractivity contribution in [3.63, 3.8) is 0 Å². The van der Waals surface area contributed by atoms with E-state index in [1.54, 1.807) is 12.1 Å². The van der Waals surface area contributed by atoms with E-state index < -0.39 is 23.2 Å². The number of benzene rings is 2. The van der Waals surface area contributed by atoms with Gasteiger partial charge in [-0.3, -0.25) is 14.5 Å². The molecule has 5 nitrogen and oxygen atoms in total. The molecule has 0 radical (unpaired) electrons. The first-order valence-corrected chi connectivity index (χ1v) is 10.0. The number of hydrogen-bond acceptors (Lipinski definition) is 4. The molecule has 2 aromatic heterocycles. The molecular weight excluding hydrogens is 451 g/mol. The summed E-state index contributed by atoms with van der Waals surface area (Å²) in [4.78, 5) is 32.7. The van der Waals surface area contributed by atoms with Gasteiger partial charge in [-0.2, -0.15) is 0 Å². The third-order valence-electron chi connectivity index (χ3n) is 5.14. The van der Waals surface area contributed by atoms with Crippen LogP contribution < -0.4 is 10.3 Å². The molecule has 5 rings (SSSR count). The van der Waals surface area contributed by atoms with E-state index in [0.29, 0.717) is 5.82 Å². The summed E-state index contributed by atoms with van der Waals surface area (Å²) in [6, 6.07) is 15.6. The Morgan fingerprint density at radius 1 is 1.07 bits per heavy atom. The zero-order valence-electron chi connectivity index (χ0n) is 15.7. The fourth-order valence-electron chi connectivity index (χ4n) is 3.80. The van der Waals surface area contributed by atoms with Crippen molar-refractivity contribution in [2.75, 3.05) is 4.90 Å². The zero-order chi connectivity index (χ0) is 21.0. The molecule has 30 heavy (non-hydrogen) atoms. The van der Waals surface area contributed by atoms with E-state index in [1.807, 2.05) is 37.3 Å². The number of aryl methyl sites for hydroxylation is 1. The van der Waals surface area contributed by atoms with E-state index in [0.717, 1.165) is 21.8 Å². The van der Waals surface area contributed by atoms with Crippen molar-refractivity contribution >= 4 is 38.6 Å². The monoisotopic (exact) mass is 464 g/mol. The summed E-state index contributed by atoms with van der Waals surface area (Å²) < 4.78 is 20.5. The lowest BCUT2D eigenvalue weighted by molar-refractivity contribution is 0.0970. The molecule has 0 spiro atoms. The second-order valence-electron chi connectivity index (χ2n) is 7.08. The average molecular weight is 465 g/mol. The van der Waals surface area contributed by atoms with Crippen LogP contribution in [0.3, 0.4) is 0 Å². The standard InChI is InChI=1S/C23H14BrFN2O3/c1-12-3-2-4-18(26-12)27-20(13-5-7-14(24)8-6-13)19-21(28)16-11-15(25)9-10-17(16)30-22(19)23(27)29/h2-11,20H,1H3/t20-/m0/s1. The maximum Gasteiger partial charge on any atom is 0.296 e. The summed E-state index contributed by atoms with van der Waals surface area (Å²) >= 11 is 3.41. The highest BCUT2D eigenvalue weighted by atomic mass is 79.9. The van der Waals surface area contributed by atoms with Crippen LogP contribution in [0.1, 0.15) is 33.4 Å². The van der Waals surface area contributed by atoms with Gasteiger partial charge in [0.05, 0.1) is 17.0 Å². The Bertz CT molecular complexity index is 1380. The predicted octanol–water partition coefficient (Wildman–Crippen LogP) is 5.15. The van der Waals surface area contributed by atoms with Crippen molar-refractivity contribution in [1.82, 2.24) is 4.98 Å². The smallest absolute Gasteiger partial charge is 0.296 e. The fraction of sp³-hybridized carbons (Fsp3) is 0.0870. The maximum absolute atomic E-state index is 13.8. The Morgan fingerprint density at radius 3 is 2.57 bits per heavy atom. The molecule has 2 aromatic carbocycles. The quantitative estimate of drug-likeness (QED) is 0.411. The van der Waals surface area contributed by atoms with Crippen LogP contribution in [0.2, 0.25) is 0 Å². The van der Waals surface area contributed by atoms with E-state index in [-0.39, 0.29) is 22.3 Å². The molecule has 1 aliphatic rings. The summed E-state index contributed by atoms with van der Waals surface area (Å²) in [6.07, 6.45) is 0. The highest BCUT2D eigenvalue weighted by molar-refractivity contribution is 9.10. The topological polar surface area (TPSA) is 63.4 Å². The second-order valence-corrected chi connectivity index (χ2v) is 8.00. The van der Waals surface area contributed by atoms with Crippen LogP contribution in [0.5, 0.6) is 0 Å². The summed E-state index contributed by atoms with van der Waals surface area (Å²) in [6.45, 7) is 1.83. The summed E-state index contributed by atoms with van der Waals surface area (Å²) in [7, 11) is 0. The average Bonchev–Trinajstić information content (AvgIpc) is 3.02.